The zero-order valence-electron chi connectivity index (χ0n) is 18.6. The lowest BCUT2D eigenvalue weighted by molar-refractivity contribution is 0.241. The highest BCUT2D eigenvalue weighted by Gasteiger charge is 2.71. The van der Waals surface area contributed by atoms with E-state index in [1.54, 1.807) is 30.1 Å². The van der Waals surface area contributed by atoms with E-state index < -0.39 is 15.4 Å². The molecule has 9 nitrogen and oxygen atoms in total. The van der Waals surface area contributed by atoms with Crippen LogP contribution < -0.4 is 0 Å². The van der Waals surface area contributed by atoms with E-state index in [2.05, 4.69) is 21.4 Å². The largest absolute Gasteiger partial charge is 0.396 e. The molecule has 34 heavy (non-hydrogen) atoms. The van der Waals surface area contributed by atoms with Gasteiger partial charge in [0.2, 0.25) is 5.03 Å². The second-order valence-corrected chi connectivity index (χ2v) is 11.0. The quantitative estimate of drug-likeness (QED) is 0.465. The summed E-state index contributed by atoms with van der Waals surface area (Å²) in [7, 11) is -2.20. The molecule has 6 rings (SSSR count). The number of aromatic nitrogens is 5. The Morgan fingerprint density at radius 3 is 2.62 bits per heavy atom. The van der Waals surface area contributed by atoms with Crippen LogP contribution in [0.4, 0.5) is 4.39 Å². The summed E-state index contributed by atoms with van der Waals surface area (Å²) in [6.07, 6.45) is 3.02. The minimum Gasteiger partial charge on any atom is -0.396 e. The van der Waals surface area contributed by atoms with Crippen LogP contribution in [0.2, 0.25) is 0 Å². The average molecular weight is 483 g/mol. The van der Waals surface area contributed by atoms with Crippen LogP contribution in [-0.4, -0.2) is 62.3 Å². The number of aliphatic hydroxyl groups excluding tert-OH is 1. The third kappa shape index (κ3) is 2.90. The fourth-order valence-electron chi connectivity index (χ4n) is 5.71. The van der Waals surface area contributed by atoms with Crippen LogP contribution in [0.5, 0.6) is 0 Å². The lowest BCUT2D eigenvalue weighted by Crippen LogP contribution is -2.35. The Hall–Kier alpha value is -3.15. The van der Waals surface area contributed by atoms with Crippen LogP contribution in [0.1, 0.15) is 11.1 Å². The highest BCUT2D eigenvalue weighted by molar-refractivity contribution is 7.89. The van der Waals surface area contributed by atoms with E-state index in [0.29, 0.717) is 6.54 Å². The molecular formula is C23H23FN6O3S. The lowest BCUT2D eigenvalue weighted by atomic mass is 9.88. The molecule has 2 fully saturated rings. The Kier molecular flexibility index (Phi) is 4.51. The summed E-state index contributed by atoms with van der Waals surface area (Å²) in [6, 6.07) is 10.2. The zero-order valence-corrected chi connectivity index (χ0v) is 19.4. The molecule has 1 aliphatic heterocycles. The monoisotopic (exact) mass is 482 g/mol. The van der Waals surface area contributed by atoms with Gasteiger partial charge in [-0.1, -0.05) is 0 Å². The van der Waals surface area contributed by atoms with Crippen LogP contribution in [-0.2, 0) is 22.5 Å². The van der Waals surface area contributed by atoms with Gasteiger partial charge in [-0.2, -0.15) is 19.3 Å². The second-order valence-electron chi connectivity index (χ2n) is 9.16. The molecule has 0 amide bonds. The summed E-state index contributed by atoms with van der Waals surface area (Å²) >= 11 is 0. The molecule has 3 atom stereocenters. The van der Waals surface area contributed by atoms with Crippen LogP contribution in [0.3, 0.4) is 0 Å². The number of sulfonamides is 1. The number of halogens is 1. The molecule has 3 unspecified atom stereocenters. The van der Waals surface area contributed by atoms with Gasteiger partial charge < -0.3 is 5.11 Å². The van der Waals surface area contributed by atoms with E-state index in [-0.39, 0.29) is 35.8 Å². The molecule has 1 saturated heterocycles. The minimum atomic E-state index is -3.78. The van der Waals surface area contributed by atoms with Crippen LogP contribution >= 0.6 is 0 Å². The van der Waals surface area contributed by atoms with Crippen molar-refractivity contribution in [2.75, 3.05) is 19.7 Å². The normalized spacial score (nSPS) is 24.6. The number of fused-ring (bicyclic) bond motifs is 2. The van der Waals surface area contributed by atoms with Crippen molar-refractivity contribution >= 4 is 20.9 Å². The molecule has 0 bridgehead atoms. The van der Waals surface area contributed by atoms with E-state index in [9.17, 15) is 17.9 Å². The van der Waals surface area contributed by atoms with E-state index in [0.717, 1.165) is 27.7 Å². The standard InChI is InChI=1S/C23H23FN6O3S/c1-14-7-21-15(9-26-30(21)17-5-3-16(24)4-6-17)8-18(14)23-13-29(11-19(23)20(23)12-31)34(32,33)22-10-25-28(2)27-22/h3-10,19-20,31H,11-13H2,1-2H3. The van der Waals surface area contributed by atoms with Gasteiger partial charge in [-0.15, -0.1) is 5.10 Å². The number of piperidine rings is 1. The molecule has 4 aromatic rings. The maximum absolute atomic E-state index is 13.4. The fourth-order valence-corrected chi connectivity index (χ4v) is 7.12. The van der Waals surface area contributed by atoms with Gasteiger partial charge in [-0.05, 0) is 66.3 Å². The van der Waals surface area contributed by atoms with E-state index in [1.807, 2.05) is 13.0 Å². The Balaban J connectivity index is 1.40. The maximum atomic E-state index is 13.4. The first-order valence-electron chi connectivity index (χ1n) is 11.0. The van der Waals surface area contributed by atoms with Crippen molar-refractivity contribution in [1.82, 2.24) is 29.1 Å². The number of hydrogen-bond donors (Lipinski definition) is 1. The Bertz CT molecular complexity index is 1530. The SMILES string of the molecule is Cc1cc2c(cnn2-c2ccc(F)cc2)cc1C12CN(S(=O)(=O)c3cnn(C)n3)CC1C2CO. The van der Waals surface area contributed by atoms with E-state index in [4.69, 9.17) is 0 Å². The Morgan fingerprint density at radius 2 is 1.94 bits per heavy atom. The number of aryl methyl sites for hydroxylation is 2. The van der Waals surface area contributed by atoms with Gasteiger partial charge in [-0.3, -0.25) is 0 Å². The van der Waals surface area contributed by atoms with E-state index in [1.165, 1.54) is 27.4 Å². The van der Waals surface area contributed by atoms with E-state index >= 15 is 0 Å². The first-order valence-corrected chi connectivity index (χ1v) is 12.4. The summed E-state index contributed by atoms with van der Waals surface area (Å²) in [5.41, 5.74) is 3.20. The predicted octanol–water partition coefficient (Wildman–Crippen LogP) is 1.78. The topological polar surface area (TPSA) is 106 Å². The predicted molar refractivity (Wildman–Crippen MR) is 121 cm³/mol. The van der Waals surface area contributed by atoms with Gasteiger partial charge in [0, 0.05) is 37.5 Å². The number of nitrogens with zero attached hydrogens (tertiary/aromatic N) is 6. The van der Waals surface area contributed by atoms with Gasteiger partial charge in [-0.25, -0.2) is 17.5 Å². The highest BCUT2D eigenvalue weighted by atomic mass is 32.2. The number of hydrogen-bond acceptors (Lipinski definition) is 6. The number of benzene rings is 2. The first-order chi connectivity index (χ1) is 16.3. The maximum Gasteiger partial charge on any atom is 0.264 e. The molecule has 2 aromatic heterocycles. The molecule has 11 heteroatoms. The molecule has 3 heterocycles. The van der Waals surface area contributed by atoms with Gasteiger partial charge >= 0.3 is 0 Å². The van der Waals surface area contributed by atoms with Gasteiger partial charge in [0.05, 0.1) is 23.6 Å². The summed E-state index contributed by atoms with van der Waals surface area (Å²) < 4.78 is 42.9. The molecule has 1 N–H and O–H groups in total. The molecular weight excluding hydrogens is 459 g/mol. The lowest BCUT2D eigenvalue weighted by Gasteiger charge is -2.24. The third-order valence-corrected chi connectivity index (χ3v) is 9.08. The number of aliphatic hydroxyl groups is 1. The summed E-state index contributed by atoms with van der Waals surface area (Å²) in [6.45, 7) is 2.60. The smallest absolute Gasteiger partial charge is 0.264 e. The van der Waals surface area contributed by atoms with Crippen molar-refractivity contribution in [2.24, 2.45) is 18.9 Å². The fraction of sp³-hybridized carbons (Fsp3) is 0.348. The van der Waals surface area contributed by atoms with Crippen molar-refractivity contribution < 1.29 is 17.9 Å². The molecule has 0 spiro atoms. The first kappa shape index (κ1) is 21.4. The van der Waals surface area contributed by atoms with Crippen molar-refractivity contribution in [3.8, 4) is 5.69 Å². The van der Waals surface area contributed by atoms with Crippen LogP contribution in [0, 0.1) is 24.6 Å². The summed E-state index contributed by atoms with van der Waals surface area (Å²) in [4.78, 5) is 1.23. The van der Waals surface area contributed by atoms with Gasteiger partial charge in [0.1, 0.15) is 5.82 Å². The van der Waals surface area contributed by atoms with Crippen LogP contribution in [0.25, 0.3) is 16.6 Å². The third-order valence-electron chi connectivity index (χ3n) is 7.40. The summed E-state index contributed by atoms with van der Waals surface area (Å²) in [5.74, 6) is -0.300. The summed E-state index contributed by atoms with van der Waals surface area (Å²) in [5, 5.41) is 23.3. The Labute approximate surface area is 195 Å². The zero-order chi connectivity index (χ0) is 23.8. The molecule has 0 radical (unpaired) electrons. The van der Waals surface area contributed by atoms with Gasteiger partial charge in [0.15, 0.2) is 0 Å². The molecule has 1 saturated carbocycles. The highest BCUT2D eigenvalue weighted by Crippen LogP contribution is 2.65. The molecule has 2 aromatic carbocycles. The average Bonchev–Trinajstić information content (AvgIpc) is 3.26. The molecule has 1 aliphatic carbocycles. The number of rotatable bonds is 5. The van der Waals surface area contributed by atoms with Crippen LogP contribution in [0.15, 0.2) is 53.8 Å². The van der Waals surface area contributed by atoms with Crippen molar-refractivity contribution in [2.45, 2.75) is 17.4 Å². The van der Waals surface area contributed by atoms with Gasteiger partial charge in [0.25, 0.3) is 10.0 Å². The Morgan fingerprint density at radius 1 is 1.18 bits per heavy atom. The minimum absolute atomic E-state index is 0.00395. The second kappa shape index (κ2) is 7.17. The molecule has 2 aliphatic rings. The van der Waals surface area contributed by atoms with Crippen molar-refractivity contribution in [3.05, 3.63) is 65.7 Å². The van der Waals surface area contributed by atoms with Crippen molar-refractivity contribution in [1.29, 1.82) is 0 Å². The van der Waals surface area contributed by atoms with Crippen molar-refractivity contribution in [3.63, 3.8) is 0 Å². The molecule has 176 valence electrons.